The van der Waals surface area contributed by atoms with Crippen LogP contribution in [-0.4, -0.2) is 30.7 Å². The van der Waals surface area contributed by atoms with E-state index in [0.29, 0.717) is 22.2 Å². The van der Waals surface area contributed by atoms with E-state index in [1.54, 1.807) is 20.3 Å². The molecule has 0 atom stereocenters. The second-order valence-corrected chi connectivity index (χ2v) is 6.37. The van der Waals surface area contributed by atoms with Gasteiger partial charge in [0.2, 0.25) is 0 Å². The van der Waals surface area contributed by atoms with Crippen molar-refractivity contribution in [2.24, 2.45) is 0 Å². The van der Waals surface area contributed by atoms with Gasteiger partial charge in [0.05, 0.1) is 19.6 Å². The van der Waals surface area contributed by atoms with Crippen LogP contribution in [0.15, 0.2) is 18.2 Å². The first-order chi connectivity index (χ1) is 12.1. The van der Waals surface area contributed by atoms with Crippen molar-refractivity contribution < 1.29 is 9.47 Å². The van der Waals surface area contributed by atoms with Crippen LogP contribution >= 0.6 is 11.3 Å². The summed E-state index contributed by atoms with van der Waals surface area (Å²) in [5, 5.41) is 13.5. The van der Waals surface area contributed by atoms with Gasteiger partial charge in [0.15, 0.2) is 5.82 Å². The molecule has 0 aliphatic heterocycles. The summed E-state index contributed by atoms with van der Waals surface area (Å²) in [7, 11) is 3.21. The molecule has 0 unspecified atom stereocenters. The largest absolute Gasteiger partial charge is 0.497 e. The molecule has 2 aromatic heterocycles. The van der Waals surface area contributed by atoms with Crippen molar-refractivity contribution >= 4 is 27.4 Å². The van der Waals surface area contributed by atoms with Gasteiger partial charge in [-0.3, -0.25) is 0 Å². The van der Waals surface area contributed by atoms with E-state index in [1.165, 1.54) is 11.3 Å². The summed E-state index contributed by atoms with van der Waals surface area (Å²) in [6.07, 6.45) is 0. The fourth-order valence-electron chi connectivity index (χ4n) is 2.61. The topological polar surface area (TPSA) is 80.1 Å². The summed E-state index contributed by atoms with van der Waals surface area (Å²) in [5.74, 6) is 2.64. The summed E-state index contributed by atoms with van der Waals surface area (Å²) < 4.78 is 10.7. The van der Waals surface area contributed by atoms with Gasteiger partial charge in [-0.25, -0.2) is 9.97 Å². The van der Waals surface area contributed by atoms with Crippen LogP contribution in [0, 0.1) is 18.3 Å². The number of benzene rings is 1. The standard InChI is InChI=1S/C18H18N4O2S/c1-5-20-17-15-10(2)14(9-19)25-18(15)22-16(21-17)11-6-12(23-3)8-13(7-11)24-4/h6-8H,5H2,1-4H3,(H,20,21,22). The maximum absolute atomic E-state index is 9.32. The van der Waals surface area contributed by atoms with Crippen LogP contribution in [0.25, 0.3) is 21.6 Å². The van der Waals surface area contributed by atoms with Crippen LogP contribution in [0.2, 0.25) is 0 Å². The number of hydrogen-bond acceptors (Lipinski definition) is 7. The van der Waals surface area contributed by atoms with Crippen LogP contribution < -0.4 is 14.8 Å². The van der Waals surface area contributed by atoms with Gasteiger partial charge in [-0.1, -0.05) is 0 Å². The molecule has 0 fully saturated rings. The van der Waals surface area contributed by atoms with Crippen LogP contribution in [-0.2, 0) is 0 Å². The molecule has 0 aliphatic carbocycles. The molecule has 0 spiro atoms. The number of ether oxygens (including phenoxy) is 2. The van der Waals surface area contributed by atoms with E-state index in [1.807, 2.05) is 26.0 Å². The van der Waals surface area contributed by atoms with Gasteiger partial charge in [-0.15, -0.1) is 11.3 Å². The second-order valence-electron chi connectivity index (χ2n) is 5.38. The lowest BCUT2D eigenvalue weighted by Gasteiger charge is -2.10. The molecule has 2 heterocycles. The van der Waals surface area contributed by atoms with Crippen LogP contribution in [0.1, 0.15) is 17.4 Å². The Morgan fingerprint density at radius 3 is 2.40 bits per heavy atom. The van der Waals surface area contributed by atoms with Crippen molar-refractivity contribution in [3.8, 4) is 29.0 Å². The summed E-state index contributed by atoms with van der Waals surface area (Å²) in [4.78, 5) is 10.8. The second kappa shape index (κ2) is 6.95. The van der Waals surface area contributed by atoms with Gasteiger partial charge in [-0.05, 0) is 31.5 Å². The van der Waals surface area contributed by atoms with Crippen LogP contribution in [0.5, 0.6) is 11.5 Å². The van der Waals surface area contributed by atoms with E-state index >= 15 is 0 Å². The minimum atomic E-state index is 0.561. The molecular weight excluding hydrogens is 336 g/mol. The first-order valence-corrected chi connectivity index (χ1v) is 8.61. The van der Waals surface area contributed by atoms with Gasteiger partial charge in [0.25, 0.3) is 0 Å². The molecule has 128 valence electrons. The minimum absolute atomic E-state index is 0.561. The normalized spacial score (nSPS) is 10.5. The number of nitrogens with zero attached hydrogens (tertiary/aromatic N) is 3. The third kappa shape index (κ3) is 3.08. The highest BCUT2D eigenvalue weighted by Crippen LogP contribution is 2.36. The van der Waals surface area contributed by atoms with Gasteiger partial charge in [0, 0.05) is 18.2 Å². The van der Waals surface area contributed by atoms with Crippen molar-refractivity contribution in [3.05, 3.63) is 28.6 Å². The summed E-state index contributed by atoms with van der Waals surface area (Å²) in [5.41, 5.74) is 1.70. The van der Waals surface area contributed by atoms with Gasteiger partial charge >= 0.3 is 0 Å². The number of anilines is 1. The quantitative estimate of drug-likeness (QED) is 0.746. The molecule has 1 aromatic carbocycles. The van der Waals surface area contributed by atoms with Gasteiger partial charge < -0.3 is 14.8 Å². The molecule has 0 aliphatic rings. The fourth-order valence-corrected chi connectivity index (χ4v) is 3.58. The van der Waals surface area contributed by atoms with Crippen molar-refractivity contribution in [1.29, 1.82) is 5.26 Å². The molecule has 1 N–H and O–H groups in total. The third-order valence-corrected chi connectivity index (χ3v) is 4.94. The van der Waals surface area contributed by atoms with E-state index in [9.17, 15) is 5.26 Å². The Kier molecular flexibility index (Phi) is 4.72. The minimum Gasteiger partial charge on any atom is -0.497 e. The fraction of sp³-hybridized carbons (Fsp3) is 0.278. The van der Waals surface area contributed by atoms with Crippen molar-refractivity contribution in [3.63, 3.8) is 0 Å². The Hall–Kier alpha value is -2.85. The predicted molar refractivity (Wildman–Crippen MR) is 99.6 cm³/mol. The number of methoxy groups -OCH3 is 2. The zero-order chi connectivity index (χ0) is 18.0. The molecule has 0 saturated carbocycles. The van der Waals surface area contributed by atoms with Crippen molar-refractivity contribution in [2.45, 2.75) is 13.8 Å². The SMILES string of the molecule is CCNc1nc(-c2cc(OC)cc(OC)c2)nc2sc(C#N)c(C)c12. The van der Waals surface area contributed by atoms with Crippen molar-refractivity contribution in [1.82, 2.24) is 9.97 Å². The molecule has 0 amide bonds. The zero-order valence-electron chi connectivity index (χ0n) is 14.5. The Morgan fingerprint density at radius 1 is 1.16 bits per heavy atom. The number of nitrogens with one attached hydrogen (secondary N) is 1. The molecule has 0 radical (unpaired) electrons. The molecule has 6 nitrogen and oxygen atoms in total. The van der Waals surface area contributed by atoms with E-state index in [2.05, 4.69) is 21.4 Å². The summed E-state index contributed by atoms with van der Waals surface area (Å²) >= 11 is 1.38. The number of aromatic nitrogens is 2. The maximum atomic E-state index is 9.32. The smallest absolute Gasteiger partial charge is 0.163 e. The Balaban J connectivity index is 2.25. The lowest BCUT2D eigenvalue weighted by molar-refractivity contribution is 0.394. The zero-order valence-corrected chi connectivity index (χ0v) is 15.3. The molecule has 7 heteroatoms. The molecule has 0 saturated heterocycles. The average Bonchev–Trinajstić information content (AvgIpc) is 2.97. The van der Waals surface area contributed by atoms with Crippen LogP contribution in [0.4, 0.5) is 5.82 Å². The Labute approximate surface area is 150 Å². The van der Waals surface area contributed by atoms with Crippen molar-refractivity contribution in [2.75, 3.05) is 26.1 Å². The highest BCUT2D eigenvalue weighted by Gasteiger charge is 2.17. The number of nitriles is 1. The summed E-state index contributed by atoms with van der Waals surface area (Å²) in [6.45, 7) is 4.66. The average molecular weight is 354 g/mol. The Morgan fingerprint density at radius 2 is 1.84 bits per heavy atom. The lowest BCUT2D eigenvalue weighted by Crippen LogP contribution is -2.02. The highest BCUT2D eigenvalue weighted by atomic mass is 32.1. The van der Waals surface area contributed by atoms with E-state index < -0.39 is 0 Å². The molecule has 0 bridgehead atoms. The number of thiophene rings is 1. The van der Waals surface area contributed by atoms with Gasteiger partial charge in [-0.2, -0.15) is 5.26 Å². The maximum Gasteiger partial charge on any atom is 0.163 e. The monoisotopic (exact) mass is 354 g/mol. The lowest BCUT2D eigenvalue weighted by atomic mass is 10.1. The van der Waals surface area contributed by atoms with E-state index in [0.717, 1.165) is 33.7 Å². The number of rotatable bonds is 5. The number of aryl methyl sites for hydroxylation is 1. The number of hydrogen-bond donors (Lipinski definition) is 1. The predicted octanol–water partition coefficient (Wildman–Crippen LogP) is 3.99. The molecule has 25 heavy (non-hydrogen) atoms. The molecule has 3 aromatic rings. The van der Waals surface area contributed by atoms with E-state index in [4.69, 9.17) is 9.47 Å². The first-order valence-electron chi connectivity index (χ1n) is 7.79. The van der Waals surface area contributed by atoms with Crippen LogP contribution in [0.3, 0.4) is 0 Å². The first kappa shape index (κ1) is 17.0. The highest BCUT2D eigenvalue weighted by molar-refractivity contribution is 7.19. The summed E-state index contributed by atoms with van der Waals surface area (Å²) in [6, 6.07) is 7.77. The third-order valence-electron chi connectivity index (χ3n) is 3.85. The molecular formula is C18H18N4O2S. The number of fused-ring (bicyclic) bond motifs is 1. The van der Waals surface area contributed by atoms with E-state index in [-0.39, 0.29) is 0 Å². The molecule has 3 rings (SSSR count). The Bertz CT molecular complexity index is 953. The van der Waals surface area contributed by atoms with Gasteiger partial charge in [0.1, 0.15) is 33.1 Å².